The van der Waals surface area contributed by atoms with Gasteiger partial charge < -0.3 is 15.2 Å². The summed E-state index contributed by atoms with van der Waals surface area (Å²) >= 11 is 1.48. The molecule has 1 fully saturated rings. The molecular weight excluding hydrogens is 254 g/mol. The van der Waals surface area contributed by atoms with Gasteiger partial charge in [0.25, 0.3) is 0 Å². The SMILES string of the molecule is COCc1nnc(NC2CCC(C(=O)O)CC2)s1. The van der Waals surface area contributed by atoms with Gasteiger partial charge in [0.2, 0.25) is 5.13 Å². The highest BCUT2D eigenvalue weighted by atomic mass is 32.1. The molecule has 0 radical (unpaired) electrons. The molecule has 0 aliphatic heterocycles. The van der Waals surface area contributed by atoms with Gasteiger partial charge in [-0.1, -0.05) is 11.3 Å². The first kappa shape index (κ1) is 13.2. The van der Waals surface area contributed by atoms with Crippen LogP contribution in [0.5, 0.6) is 0 Å². The molecule has 7 heteroatoms. The van der Waals surface area contributed by atoms with Crippen molar-refractivity contribution in [3.8, 4) is 0 Å². The average Bonchev–Trinajstić information content (AvgIpc) is 2.78. The number of ether oxygens (including phenoxy) is 1. The number of hydrogen-bond donors (Lipinski definition) is 2. The fourth-order valence-corrected chi connectivity index (χ4v) is 2.94. The maximum absolute atomic E-state index is 10.8. The Morgan fingerprint density at radius 2 is 2.17 bits per heavy atom. The van der Waals surface area contributed by atoms with E-state index < -0.39 is 5.97 Å². The van der Waals surface area contributed by atoms with Crippen molar-refractivity contribution >= 4 is 22.4 Å². The first-order valence-electron chi connectivity index (χ1n) is 5.99. The van der Waals surface area contributed by atoms with E-state index in [9.17, 15) is 4.79 Å². The molecule has 0 amide bonds. The Bertz CT molecular complexity index is 402. The molecule has 0 unspecified atom stereocenters. The first-order valence-corrected chi connectivity index (χ1v) is 6.81. The van der Waals surface area contributed by atoms with Crippen molar-refractivity contribution in [1.29, 1.82) is 0 Å². The maximum atomic E-state index is 10.8. The fraction of sp³-hybridized carbons (Fsp3) is 0.727. The number of aliphatic carboxylic acids is 1. The van der Waals surface area contributed by atoms with Crippen LogP contribution in [-0.2, 0) is 16.1 Å². The molecular formula is C11H17N3O3S. The molecule has 0 saturated heterocycles. The van der Waals surface area contributed by atoms with Gasteiger partial charge in [-0.25, -0.2) is 0 Å². The number of aromatic nitrogens is 2. The summed E-state index contributed by atoms with van der Waals surface area (Å²) in [6.45, 7) is 0.477. The van der Waals surface area contributed by atoms with Gasteiger partial charge in [-0.15, -0.1) is 10.2 Å². The summed E-state index contributed by atoms with van der Waals surface area (Å²) < 4.78 is 4.99. The Morgan fingerprint density at radius 3 is 2.78 bits per heavy atom. The summed E-state index contributed by atoms with van der Waals surface area (Å²) in [6.07, 6.45) is 3.21. The van der Waals surface area contributed by atoms with E-state index in [2.05, 4.69) is 15.5 Å². The van der Waals surface area contributed by atoms with E-state index in [0.717, 1.165) is 35.8 Å². The molecule has 0 aromatic carbocycles. The minimum Gasteiger partial charge on any atom is -0.481 e. The van der Waals surface area contributed by atoms with E-state index in [4.69, 9.17) is 9.84 Å². The highest BCUT2D eigenvalue weighted by molar-refractivity contribution is 7.15. The van der Waals surface area contributed by atoms with E-state index in [-0.39, 0.29) is 5.92 Å². The van der Waals surface area contributed by atoms with Crippen molar-refractivity contribution in [3.63, 3.8) is 0 Å². The molecule has 1 saturated carbocycles. The molecule has 1 heterocycles. The lowest BCUT2D eigenvalue weighted by atomic mass is 9.86. The standard InChI is InChI=1S/C11H17N3O3S/c1-17-6-9-13-14-11(18-9)12-8-4-2-7(3-5-8)10(15)16/h7-8H,2-6H2,1H3,(H,12,14)(H,15,16). The minimum absolute atomic E-state index is 0.179. The van der Waals surface area contributed by atoms with Crippen LogP contribution >= 0.6 is 11.3 Å². The van der Waals surface area contributed by atoms with Gasteiger partial charge >= 0.3 is 5.97 Å². The normalized spacial score (nSPS) is 23.8. The molecule has 1 aliphatic rings. The van der Waals surface area contributed by atoms with Crippen LogP contribution in [0.15, 0.2) is 0 Å². The number of nitrogens with one attached hydrogen (secondary N) is 1. The Hall–Kier alpha value is -1.21. The number of carboxylic acid groups (broad SMARTS) is 1. The van der Waals surface area contributed by atoms with Crippen LogP contribution in [0.3, 0.4) is 0 Å². The number of carboxylic acids is 1. The lowest BCUT2D eigenvalue weighted by Gasteiger charge is -2.26. The third kappa shape index (κ3) is 3.39. The van der Waals surface area contributed by atoms with Crippen LogP contribution in [0.25, 0.3) is 0 Å². The summed E-state index contributed by atoms with van der Waals surface area (Å²) in [5.74, 6) is -0.853. The molecule has 0 atom stereocenters. The Morgan fingerprint density at radius 1 is 1.44 bits per heavy atom. The van der Waals surface area contributed by atoms with Gasteiger partial charge in [-0.2, -0.15) is 0 Å². The van der Waals surface area contributed by atoms with Crippen LogP contribution in [0.2, 0.25) is 0 Å². The monoisotopic (exact) mass is 271 g/mol. The third-order valence-corrected chi connectivity index (χ3v) is 3.97. The molecule has 1 aromatic rings. The van der Waals surface area contributed by atoms with E-state index in [0.29, 0.717) is 12.6 Å². The van der Waals surface area contributed by atoms with Gasteiger partial charge in [0.05, 0.1) is 5.92 Å². The van der Waals surface area contributed by atoms with Crippen molar-refractivity contribution in [1.82, 2.24) is 10.2 Å². The minimum atomic E-state index is -0.674. The van der Waals surface area contributed by atoms with E-state index in [1.165, 1.54) is 11.3 Å². The smallest absolute Gasteiger partial charge is 0.306 e. The summed E-state index contributed by atoms with van der Waals surface area (Å²) in [4.78, 5) is 10.8. The zero-order valence-electron chi connectivity index (χ0n) is 10.3. The number of hydrogen-bond acceptors (Lipinski definition) is 6. The lowest BCUT2D eigenvalue weighted by molar-refractivity contribution is -0.142. The highest BCUT2D eigenvalue weighted by Crippen LogP contribution is 2.27. The van der Waals surface area contributed by atoms with E-state index in [1.807, 2.05) is 0 Å². The Labute approximate surface area is 109 Å². The van der Waals surface area contributed by atoms with Crippen LogP contribution in [-0.4, -0.2) is 34.4 Å². The molecule has 1 aliphatic carbocycles. The zero-order chi connectivity index (χ0) is 13.0. The van der Waals surface area contributed by atoms with E-state index >= 15 is 0 Å². The second kappa shape index (κ2) is 6.10. The van der Waals surface area contributed by atoms with Gasteiger partial charge in [-0.3, -0.25) is 4.79 Å². The highest BCUT2D eigenvalue weighted by Gasteiger charge is 2.26. The van der Waals surface area contributed by atoms with Crippen molar-refractivity contribution in [2.75, 3.05) is 12.4 Å². The van der Waals surface area contributed by atoms with Gasteiger partial charge in [0.1, 0.15) is 11.6 Å². The summed E-state index contributed by atoms with van der Waals surface area (Å²) in [5, 5.41) is 21.9. The second-order valence-electron chi connectivity index (χ2n) is 4.47. The number of anilines is 1. The second-order valence-corrected chi connectivity index (χ2v) is 5.53. The van der Waals surface area contributed by atoms with E-state index in [1.54, 1.807) is 7.11 Å². The quantitative estimate of drug-likeness (QED) is 0.848. The number of methoxy groups -OCH3 is 1. The third-order valence-electron chi connectivity index (χ3n) is 3.14. The Balaban J connectivity index is 1.81. The molecule has 0 bridgehead atoms. The predicted molar refractivity (Wildman–Crippen MR) is 67.6 cm³/mol. The fourth-order valence-electron chi connectivity index (χ4n) is 2.15. The predicted octanol–water partition coefficient (Wildman–Crippen LogP) is 1.74. The average molecular weight is 271 g/mol. The summed E-state index contributed by atoms with van der Waals surface area (Å²) in [7, 11) is 1.63. The maximum Gasteiger partial charge on any atom is 0.306 e. The summed E-state index contributed by atoms with van der Waals surface area (Å²) in [5.41, 5.74) is 0. The largest absolute Gasteiger partial charge is 0.481 e. The summed E-state index contributed by atoms with van der Waals surface area (Å²) in [6, 6.07) is 0.309. The molecule has 100 valence electrons. The van der Waals surface area contributed by atoms with Crippen LogP contribution in [0.4, 0.5) is 5.13 Å². The zero-order valence-corrected chi connectivity index (χ0v) is 11.1. The van der Waals surface area contributed by atoms with Crippen molar-refractivity contribution in [2.24, 2.45) is 5.92 Å². The molecule has 2 N–H and O–H groups in total. The van der Waals surface area contributed by atoms with Crippen LogP contribution in [0, 0.1) is 5.92 Å². The number of nitrogens with zero attached hydrogens (tertiary/aromatic N) is 2. The van der Waals surface area contributed by atoms with Gasteiger partial charge in [0, 0.05) is 13.2 Å². The molecule has 18 heavy (non-hydrogen) atoms. The van der Waals surface area contributed by atoms with Crippen molar-refractivity contribution < 1.29 is 14.6 Å². The van der Waals surface area contributed by atoms with Crippen molar-refractivity contribution in [3.05, 3.63) is 5.01 Å². The van der Waals surface area contributed by atoms with Crippen LogP contribution < -0.4 is 5.32 Å². The molecule has 6 nitrogen and oxygen atoms in total. The Kier molecular flexibility index (Phi) is 4.48. The first-order chi connectivity index (χ1) is 8.69. The molecule has 1 aromatic heterocycles. The molecule has 2 rings (SSSR count). The number of rotatable bonds is 5. The van der Waals surface area contributed by atoms with Gasteiger partial charge in [-0.05, 0) is 25.7 Å². The van der Waals surface area contributed by atoms with Gasteiger partial charge in [0.15, 0.2) is 0 Å². The molecule has 0 spiro atoms. The lowest BCUT2D eigenvalue weighted by Crippen LogP contribution is -2.29. The number of carbonyl (C=O) groups is 1. The van der Waals surface area contributed by atoms with Crippen LogP contribution in [0.1, 0.15) is 30.7 Å². The van der Waals surface area contributed by atoms with Crippen molar-refractivity contribution in [2.45, 2.75) is 38.3 Å². The topological polar surface area (TPSA) is 84.3 Å².